The van der Waals surface area contributed by atoms with Crippen LogP contribution in [-0.4, -0.2) is 11.3 Å². The molecule has 0 fully saturated rings. The standard InChI is InChI=1S/C24H29Br3O2/c1-14(28)29-22-19(23(2,3)4)10-15(11-20(22)24(5,6)7)18-12-16(26)8-9-17(18)21(27)13-25/h8-12,21H,13H2,1-7H3. The fourth-order valence-electron chi connectivity index (χ4n) is 3.29. The molecule has 0 saturated heterocycles. The molecule has 0 saturated carbocycles. The average Bonchev–Trinajstić information content (AvgIpc) is 2.58. The third kappa shape index (κ3) is 5.95. The number of hydrogen-bond donors (Lipinski definition) is 0. The van der Waals surface area contributed by atoms with Crippen molar-refractivity contribution in [2.45, 2.75) is 64.1 Å². The Morgan fingerprint density at radius 1 is 1.00 bits per heavy atom. The Bertz CT molecular complexity index is 870. The summed E-state index contributed by atoms with van der Waals surface area (Å²) in [5.74, 6) is 0.394. The van der Waals surface area contributed by atoms with Gasteiger partial charge < -0.3 is 4.74 Å². The molecule has 0 amide bonds. The summed E-state index contributed by atoms with van der Waals surface area (Å²) in [6, 6.07) is 10.7. The zero-order chi connectivity index (χ0) is 22.1. The summed E-state index contributed by atoms with van der Waals surface area (Å²) < 4.78 is 6.81. The number of carbonyl (C=O) groups excluding carboxylic acids is 1. The second-order valence-electron chi connectivity index (χ2n) is 9.35. The molecule has 2 aromatic rings. The SMILES string of the molecule is CC(=O)Oc1c(C(C)(C)C)cc(-c2cc(Br)ccc2C(Br)CBr)cc1C(C)(C)C. The predicted molar refractivity (Wildman–Crippen MR) is 134 cm³/mol. The van der Waals surface area contributed by atoms with Gasteiger partial charge >= 0.3 is 5.97 Å². The first kappa shape index (κ1) is 24.6. The lowest BCUT2D eigenvalue weighted by molar-refractivity contribution is -0.132. The summed E-state index contributed by atoms with van der Waals surface area (Å²) in [4.78, 5) is 12.1. The van der Waals surface area contributed by atoms with Gasteiger partial charge in [0.05, 0.1) is 0 Å². The van der Waals surface area contributed by atoms with Crippen LogP contribution in [0.15, 0.2) is 34.8 Å². The molecule has 0 N–H and O–H groups in total. The number of carbonyl (C=O) groups is 1. The van der Waals surface area contributed by atoms with E-state index in [9.17, 15) is 4.79 Å². The van der Waals surface area contributed by atoms with Crippen molar-refractivity contribution < 1.29 is 9.53 Å². The first-order chi connectivity index (χ1) is 13.3. The summed E-state index contributed by atoms with van der Waals surface area (Å²) in [6.07, 6.45) is 0. The van der Waals surface area contributed by atoms with E-state index in [1.54, 1.807) is 0 Å². The number of rotatable bonds is 4. The summed E-state index contributed by atoms with van der Waals surface area (Å²) in [6.45, 7) is 14.4. The number of alkyl halides is 2. The van der Waals surface area contributed by atoms with Crippen molar-refractivity contribution in [1.29, 1.82) is 0 Å². The highest BCUT2D eigenvalue weighted by molar-refractivity contribution is 9.12. The Balaban J connectivity index is 2.92. The van der Waals surface area contributed by atoms with Crippen LogP contribution in [0.2, 0.25) is 0 Å². The normalized spacial score (nSPS) is 13.3. The molecule has 158 valence electrons. The number of benzene rings is 2. The third-order valence-corrected chi connectivity index (χ3v) is 7.58. The van der Waals surface area contributed by atoms with Crippen molar-refractivity contribution in [2.75, 3.05) is 5.33 Å². The molecule has 0 aromatic heterocycles. The maximum absolute atomic E-state index is 11.9. The molecule has 0 aliphatic heterocycles. The second-order valence-corrected chi connectivity index (χ2v) is 12.0. The molecule has 0 spiro atoms. The minimum absolute atomic E-state index is 0.184. The Morgan fingerprint density at radius 3 is 1.93 bits per heavy atom. The number of esters is 1. The Labute approximate surface area is 200 Å². The van der Waals surface area contributed by atoms with Crippen LogP contribution in [-0.2, 0) is 15.6 Å². The van der Waals surface area contributed by atoms with Crippen molar-refractivity contribution >= 4 is 53.8 Å². The third-order valence-electron chi connectivity index (χ3n) is 4.75. The second kappa shape index (κ2) is 9.23. The Kier molecular flexibility index (Phi) is 7.84. The average molecular weight is 589 g/mol. The molecule has 0 radical (unpaired) electrons. The van der Waals surface area contributed by atoms with E-state index in [1.807, 2.05) is 0 Å². The van der Waals surface area contributed by atoms with E-state index in [2.05, 4.69) is 120 Å². The van der Waals surface area contributed by atoms with Crippen LogP contribution in [0.5, 0.6) is 5.75 Å². The van der Waals surface area contributed by atoms with E-state index in [0.717, 1.165) is 32.1 Å². The zero-order valence-electron chi connectivity index (χ0n) is 18.1. The number of hydrogen-bond acceptors (Lipinski definition) is 2. The van der Waals surface area contributed by atoms with Crippen LogP contribution in [0.3, 0.4) is 0 Å². The number of ether oxygens (including phenoxy) is 1. The van der Waals surface area contributed by atoms with Gasteiger partial charge in [0, 0.05) is 32.7 Å². The van der Waals surface area contributed by atoms with E-state index in [1.165, 1.54) is 12.5 Å². The minimum Gasteiger partial charge on any atom is -0.426 e. The fraction of sp³-hybridized carbons (Fsp3) is 0.458. The van der Waals surface area contributed by atoms with Crippen LogP contribution in [0, 0.1) is 0 Å². The van der Waals surface area contributed by atoms with Crippen molar-refractivity contribution in [3.8, 4) is 16.9 Å². The van der Waals surface area contributed by atoms with Gasteiger partial charge in [-0.25, -0.2) is 0 Å². The lowest BCUT2D eigenvalue weighted by Crippen LogP contribution is -2.21. The highest BCUT2D eigenvalue weighted by Crippen LogP contribution is 2.45. The molecule has 2 aromatic carbocycles. The van der Waals surface area contributed by atoms with E-state index < -0.39 is 0 Å². The van der Waals surface area contributed by atoms with Gasteiger partial charge in [0.2, 0.25) is 0 Å². The van der Waals surface area contributed by atoms with Crippen molar-refractivity contribution in [3.05, 3.63) is 51.5 Å². The number of halogens is 3. The summed E-state index contributed by atoms with van der Waals surface area (Å²) in [5, 5.41) is 0.811. The Hall–Kier alpha value is -0.650. The fourth-order valence-corrected chi connectivity index (χ4v) is 4.40. The molecule has 0 heterocycles. The van der Waals surface area contributed by atoms with Crippen LogP contribution in [0.25, 0.3) is 11.1 Å². The summed E-state index contributed by atoms with van der Waals surface area (Å²) in [7, 11) is 0. The van der Waals surface area contributed by atoms with Crippen LogP contribution < -0.4 is 4.74 Å². The molecule has 5 heteroatoms. The molecular weight excluding hydrogens is 560 g/mol. The quantitative estimate of drug-likeness (QED) is 0.203. The summed E-state index contributed by atoms with van der Waals surface area (Å²) >= 11 is 11.0. The maximum Gasteiger partial charge on any atom is 0.308 e. The van der Waals surface area contributed by atoms with Gasteiger partial charge in [-0.1, -0.05) is 95.4 Å². The predicted octanol–water partition coefficient (Wildman–Crippen LogP) is 8.47. The first-order valence-electron chi connectivity index (χ1n) is 9.63. The summed E-state index contributed by atoms with van der Waals surface area (Å²) in [5.41, 5.74) is 5.19. The van der Waals surface area contributed by atoms with Crippen molar-refractivity contribution in [2.24, 2.45) is 0 Å². The molecule has 2 rings (SSSR count). The molecule has 1 unspecified atom stereocenters. The van der Waals surface area contributed by atoms with Crippen molar-refractivity contribution in [1.82, 2.24) is 0 Å². The smallest absolute Gasteiger partial charge is 0.308 e. The Morgan fingerprint density at radius 2 is 1.52 bits per heavy atom. The molecule has 1 atom stereocenters. The monoisotopic (exact) mass is 586 g/mol. The lowest BCUT2D eigenvalue weighted by Gasteiger charge is -2.30. The van der Waals surface area contributed by atoms with Gasteiger partial charge in [-0.2, -0.15) is 0 Å². The van der Waals surface area contributed by atoms with Crippen LogP contribution >= 0.6 is 47.8 Å². The molecule has 0 aliphatic rings. The molecular formula is C24H29Br3O2. The van der Waals surface area contributed by atoms with E-state index >= 15 is 0 Å². The van der Waals surface area contributed by atoms with Gasteiger partial charge in [0.15, 0.2) is 0 Å². The lowest BCUT2D eigenvalue weighted by atomic mass is 9.77. The van der Waals surface area contributed by atoms with E-state index in [-0.39, 0.29) is 21.6 Å². The molecule has 0 bridgehead atoms. The highest BCUT2D eigenvalue weighted by Gasteiger charge is 2.29. The largest absolute Gasteiger partial charge is 0.426 e. The molecule has 29 heavy (non-hydrogen) atoms. The minimum atomic E-state index is -0.295. The van der Waals surface area contributed by atoms with Crippen molar-refractivity contribution in [3.63, 3.8) is 0 Å². The van der Waals surface area contributed by atoms with Crippen LogP contribution in [0.1, 0.15) is 70.0 Å². The van der Waals surface area contributed by atoms with Gasteiger partial charge in [-0.15, -0.1) is 0 Å². The van der Waals surface area contributed by atoms with E-state index in [0.29, 0.717) is 5.75 Å². The first-order valence-corrected chi connectivity index (χ1v) is 12.5. The van der Waals surface area contributed by atoms with Gasteiger partial charge in [0.25, 0.3) is 0 Å². The van der Waals surface area contributed by atoms with Gasteiger partial charge in [-0.05, 0) is 51.8 Å². The highest BCUT2D eigenvalue weighted by atomic mass is 79.9. The topological polar surface area (TPSA) is 26.3 Å². The zero-order valence-corrected chi connectivity index (χ0v) is 22.9. The molecule has 0 aliphatic carbocycles. The molecule has 2 nitrogen and oxygen atoms in total. The van der Waals surface area contributed by atoms with Gasteiger partial charge in [-0.3, -0.25) is 4.79 Å². The van der Waals surface area contributed by atoms with E-state index in [4.69, 9.17) is 4.74 Å². The maximum atomic E-state index is 11.9. The van der Waals surface area contributed by atoms with Gasteiger partial charge in [0.1, 0.15) is 5.75 Å². The van der Waals surface area contributed by atoms with Crippen LogP contribution in [0.4, 0.5) is 0 Å².